The molecule has 0 aromatic heterocycles. The van der Waals surface area contributed by atoms with Crippen LogP contribution in [0.1, 0.15) is 5.56 Å². The number of ether oxygens (including phenoxy) is 1. The van der Waals surface area contributed by atoms with Crippen molar-refractivity contribution in [2.75, 3.05) is 14.2 Å². The molecule has 0 fully saturated rings. The first-order valence-corrected chi connectivity index (χ1v) is 5.83. The molecule has 19 heavy (non-hydrogen) atoms. The van der Waals surface area contributed by atoms with Crippen molar-refractivity contribution in [2.45, 2.75) is 0 Å². The minimum atomic E-state index is -0.871. The quantitative estimate of drug-likeness (QED) is 0.500. The van der Waals surface area contributed by atoms with Crippen LogP contribution >= 0.6 is 23.2 Å². The first-order valence-electron chi connectivity index (χ1n) is 5.07. The molecular weight excluding hydrogens is 293 g/mol. The second-order valence-electron chi connectivity index (χ2n) is 3.30. The first kappa shape index (κ1) is 15.3. The van der Waals surface area contributed by atoms with E-state index in [2.05, 4.69) is 15.8 Å². The van der Waals surface area contributed by atoms with Crippen LogP contribution in [0.25, 0.3) is 0 Å². The molecule has 1 rings (SSSR count). The third-order valence-electron chi connectivity index (χ3n) is 2.04. The van der Waals surface area contributed by atoms with Gasteiger partial charge in [-0.1, -0.05) is 23.2 Å². The fraction of sp³-hybridized carbons (Fsp3) is 0.182. The maximum absolute atomic E-state index is 11.1. The SMILES string of the molecule is CNC(=O)C(=O)N/N=C\c1cc(Cl)c(OC)c(Cl)c1. The maximum atomic E-state index is 11.1. The summed E-state index contributed by atoms with van der Waals surface area (Å²) in [4.78, 5) is 22.0. The molecule has 0 aliphatic heterocycles. The fourth-order valence-corrected chi connectivity index (χ4v) is 1.84. The van der Waals surface area contributed by atoms with Gasteiger partial charge in [0, 0.05) is 7.05 Å². The van der Waals surface area contributed by atoms with Crippen molar-refractivity contribution in [3.8, 4) is 5.75 Å². The molecular formula is C11H11Cl2N3O3. The summed E-state index contributed by atoms with van der Waals surface area (Å²) in [5.41, 5.74) is 2.60. The predicted molar refractivity (Wildman–Crippen MR) is 72.8 cm³/mol. The molecule has 102 valence electrons. The van der Waals surface area contributed by atoms with E-state index in [-0.39, 0.29) is 0 Å². The number of hydrogen-bond acceptors (Lipinski definition) is 4. The van der Waals surface area contributed by atoms with Crippen LogP contribution in [-0.2, 0) is 9.59 Å². The van der Waals surface area contributed by atoms with E-state index < -0.39 is 11.8 Å². The van der Waals surface area contributed by atoms with E-state index in [0.29, 0.717) is 21.4 Å². The number of carbonyl (C=O) groups excluding carboxylic acids is 2. The van der Waals surface area contributed by atoms with Crippen molar-refractivity contribution in [3.63, 3.8) is 0 Å². The molecule has 0 aliphatic carbocycles. The monoisotopic (exact) mass is 303 g/mol. The standard InChI is InChI=1S/C11H11Cl2N3O3/c1-14-10(17)11(18)16-15-5-6-3-7(12)9(19-2)8(13)4-6/h3-5H,1-2H3,(H,14,17)(H,16,18)/b15-5-. The van der Waals surface area contributed by atoms with Crippen LogP contribution in [0.15, 0.2) is 17.2 Å². The number of nitrogens with zero attached hydrogens (tertiary/aromatic N) is 1. The highest BCUT2D eigenvalue weighted by Crippen LogP contribution is 2.33. The third kappa shape index (κ3) is 4.11. The molecule has 2 amide bonds. The Morgan fingerprint density at radius 3 is 2.32 bits per heavy atom. The van der Waals surface area contributed by atoms with Crippen molar-refractivity contribution in [1.82, 2.24) is 10.7 Å². The third-order valence-corrected chi connectivity index (χ3v) is 2.60. The molecule has 0 atom stereocenters. The van der Waals surface area contributed by atoms with Gasteiger partial charge in [-0.3, -0.25) is 9.59 Å². The van der Waals surface area contributed by atoms with Crippen molar-refractivity contribution in [3.05, 3.63) is 27.7 Å². The lowest BCUT2D eigenvalue weighted by Gasteiger charge is -2.06. The average Bonchev–Trinajstić information content (AvgIpc) is 2.37. The number of nitrogens with one attached hydrogen (secondary N) is 2. The molecule has 0 bridgehead atoms. The normalized spacial score (nSPS) is 10.3. The Balaban J connectivity index is 2.78. The van der Waals surface area contributed by atoms with Gasteiger partial charge in [0.1, 0.15) is 0 Å². The Hall–Kier alpha value is -1.79. The molecule has 0 saturated heterocycles. The van der Waals surface area contributed by atoms with Crippen LogP contribution in [0.2, 0.25) is 10.0 Å². The smallest absolute Gasteiger partial charge is 0.329 e. The largest absolute Gasteiger partial charge is 0.494 e. The minimum absolute atomic E-state index is 0.314. The summed E-state index contributed by atoms with van der Waals surface area (Å²) in [7, 11) is 2.79. The summed E-state index contributed by atoms with van der Waals surface area (Å²) in [5.74, 6) is -1.30. The Morgan fingerprint density at radius 1 is 1.26 bits per heavy atom. The van der Waals surface area contributed by atoms with Gasteiger partial charge in [0.05, 0.1) is 23.4 Å². The maximum Gasteiger partial charge on any atom is 0.329 e. The molecule has 0 saturated carbocycles. The Kier molecular flexibility index (Phi) is 5.59. The molecule has 0 aliphatic rings. The number of amides is 2. The molecule has 0 radical (unpaired) electrons. The number of halogens is 2. The van der Waals surface area contributed by atoms with Gasteiger partial charge in [0.2, 0.25) is 0 Å². The summed E-state index contributed by atoms with van der Waals surface area (Å²) < 4.78 is 4.99. The zero-order chi connectivity index (χ0) is 14.4. The van der Waals surface area contributed by atoms with Crippen molar-refractivity contribution >= 4 is 41.2 Å². The molecule has 0 heterocycles. The van der Waals surface area contributed by atoms with Crippen molar-refractivity contribution in [1.29, 1.82) is 0 Å². The highest BCUT2D eigenvalue weighted by Gasteiger charge is 2.10. The van der Waals surface area contributed by atoms with E-state index in [1.807, 2.05) is 0 Å². The summed E-state index contributed by atoms with van der Waals surface area (Å²) in [6.07, 6.45) is 1.30. The lowest BCUT2D eigenvalue weighted by molar-refractivity contribution is -0.138. The number of benzene rings is 1. The molecule has 1 aromatic carbocycles. The number of likely N-dealkylation sites (N-methyl/N-ethyl adjacent to an activating group) is 1. The number of hydrogen-bond donors (Lipinski definition) is 2. The van der Waals surface area contributed by atoms with Crippen LogP contribution in [-0.4, -0.2) is 32.2 Å². The topological polar surface area (TPSA) is 79.8 Å². The van der Waals surface area contributed by atoms with E-state index in [9.17, 15) is 9.59 Å². The van der Waals surface area contributed by atoms with Crippen LogP contribution in [0, 0.1) is 0 Å². The number of rotatable bonds is 3. The zero-order valence-electron chi connectivity index (χ0n) is 10.2. The minimum Gasteiger partial charge on any atom is -0.494 e. The first-order chi connectivity index (χ1) is 8.99. The van der Waals surface area contributed by atoms with E-state index in [1.54, 1.807) is 12.1 Å². The summed E-state index contributed by atoms with van der Waals surface area (Å²) in [5, 5.41) is 6.40. The van der Waals surface area contributed by atoms with Gasteiger partial charge in [-0.25, -0.2) is 5.43 Å². The van der Waals surface area contributed by atoms with Crippen LogP contribution in [0.5, 0.6) is 5.75 Å². The van der Waals surface area contributed by atoms with E-state index in [1.165, 1.54) is 20.4 Å². The molecule has 2 N–H and O–H groups in total. The van der Waals surface area contributed by atoms with Crippen molar-refractivity contribution < 1.29 is 14.3 Å². The second-order valence-corrected chi connectivity index (χ2v) is 4.11. The summed E-state index contributed by atoms with van der Waals surface area (Å²) >= 11 is 11.9. The number of methoxy groups -OCH3 is 1. The highest BCUT2D eigenvalue weighted by atomic mass is 35.5. The lowest BCUT2D eigenvalue weighted by Crippen LogP contribution is -2.35. The van der Waals surface area contributed by atoms with Gasteiger partial charge in [-0.05, 0) is 17.7 Å². The van der Waals surface area contributed by atoms with Gasteiger partial charge in [0.15, 0.2) is 5.75 Å². The zero-order valence-corrected chi connectivity index (χ0v) is 11.7. The molecule has 0 spiro atoms. The van der Waals surface area contributed by atoms with Crippen molar-refractivity contribution in [2.24, 2.45) is 5.10 Å². The molecule has 6 nitrogen and oxygen atoms in total. The van der Waals surface area contributed by atoms with Gasteiger partial charge >= 0.3 is 11.8 Å². The van der Waals surface area contributed by atoms with Crippen LogP contribution in [0.4, 0.5) is 0 Å². The van der Waals surface area contributed by atoms with Gasteiger partial charge in [-0.15, -0.1) is 0 Å². The summed E-state index contributed by atoms with van der Waals surface area (Å²) in [6.45, 7) is 0. The van der Waals surface area contributed by atoms with E-state index in [4.69, 9.17) is 27.9 Å². The second kappa shape index (κ2) is 6.96. The fourth-order valence-electron chi connectivity index (χ4n) is 1.18. The Labute approximate surface area is 119 Å². The van der Waals surface area contributed by atoms with Crippen LogP contribution < -0.4 is 15.5 Å². The van der Waals surface area contributed by atoms with Crippen LogP contribution in [0.3, 0.4) is 0 Å². The van der Waals surface area contributed by atoms with Gasteiger partial charge in [0.25, 0.3) is 0 Å². The lowest BCUT2D eigenvalue weighted by atomic mass is 10.2. The van der Waals surface area contributed by atoms with E-state index in [0.717, 1.165) is 0 Å². The van der Waals surface area contributed by atoms with E-state index >= 15 is 0 Å². The number of hydrazone groups is 1. The summed E-state index contributed by atoms with van der Waals surface area (Å²) in [6, 6.07) is 3.11. The molecule has 8 heteroatoms. The predicted octanol–water partition coefficient (Wildman–Crippen LogP) is 1.20. The van der Waals surface area contributed by atoms with Gasteiger partial charge in [-0.2, -0.15) is 5.10 Å². The molecule has 0 unspecified atom stereocenters. The van der Waals surface area contributed by atoms with Gasteiger partial charge < -0.3 is 10.1 Å². The number of carbonyl (C=O) groups is 2. The molecule has 1 aromatic rings. The average molecular weight is 304 g/mol. The Bertz CT molecular complexity index is 509. The highest BCUT2D eigenvalue weighted by molar-refractivity contribution is 6.37. The Morgan fingerprint density at radius 2 is 1.84 bits per heavy atom.